The van der Waals surface area contributed by atoms with E-state index in [9.17, 15) is 18.0 Å². The number of β-amino-alcohol motifs (C(OH)–C–C–N with tert-alkyl or cyclic N) is 1. The van der Waals surface area contributed by atoms with Gasteiger partial charge in [-0.2, -0.15) is 13.2 Å². The second-order valence-corrected chi connectivity index (χ2v) is 3.04. The predicted octanol–water partition coefficient (Wildman–Crippen LogP) is 0.532. The molecule has 1 aliphatic heterocycles. The summed E-state index contributed by atoms with van der Waals surface area (Å²) in [7, 11) is 0. The standard InChI is InChI=1S/C7H10F3NO2/c8-7(9,10)6(13)11-3-1-2-5(12)4-11/h5,12H,1-4H2/t5-/m1/s1. The number of hydrogen-bond donors (Lipinski definition) is 1. The molecule has 0 spiro atoms. The van der Waals surface area contributed by atoms with Crippen molar-refractivity contribution in [1.29, 1.82) is 0 Å². The van der Waals surface area contributed by atoms with E-state index in [4.69, 9.17) is 5.11 Å². The highest BCUT2D eigenvalue weighted by Gasteiger charge is 2.43. The van der Waals surface area contributed by atoms with Crippen LogP contribution < -0.4 is 0 Å². The van der Waals surface area contributed by atoms with Gasteiger partial charge in [0, 0.05) is 13.1 Å². The molecule has 1 saturated heterocycles. The van der Waals surface area contributed by atoms with Crippen LogP contribution >= 0.6 is 0 Å². The second-order valence-electron chi connectivity index (χ2n) is 3.04. The van der Waals surface area contributed by atoms with Crippen molar-refractivity contribution in [2.24, 2.45) is 0 Å². The van der Waals surface area contributed by atoms with Crippen LogP contribution in [0.5, 0.6) is 0 Å². The number of likely N-dealkylation sites (tertiary alicyclic amines) is 1. The maximum absolute atomic E-state index is 11.9. The molecule has 1 atom stereocenters. The van der Waals surface area contributed by atoms with Crippen molar-refractivity contribution in [2.75, 3.05) is 13.1 Å². The van der Waals surface area contributed by atoms with Gasteiger partial charge in [0.2, 0.25) is 0 Å². The molecule has 1 heterocycles. The zero-order valence-electron chi connectivity index (χ0n) is 6.84. The van der Waals surface area contributed by atoms with E-state index >= 15 is 0 Å². The van der Waals surface area contributed by atoms with E-state index in [1.54, 1.807) is 0 Å². The lowest BCUT2D eigenvalue weighted by molar-refractivity contribution is -0.188. The van der Waals surface area contributed by atoms with Crippen molar-refractivity contribution in [3.8, 4) is 0 Å². The molecule has 1 rings (SSSR count). The summed E-state index contributed by atoms with van der Waals surface area (Å²) in [5.74, 6) is -1.86. The van der Waals surface area contributed by atoms with E-state index in [1.165, 1.54) is 0 Å². The summed E-state index contributed by atoms with van der Waals surface area (Å²) in [5.41, 5.74) is 0. The van der Waals surface area contributed by atoms with Crippen LogP contribution in [0.3, 0.4) is 0 Å². The minimum absolute atomic E-state index is 0.0788. The normalized spacial score (nSPS) is 24.6. The van der Waals surface area contributed by atoms with Crippen molar-refractivity contribution in [3.05, 3.63) is 0 Å². The molecule has 0 unspecified atom stereocenters. The maximum Gasteiger partial charge on any atom is 0.471 e. The molecule has 0 aromatic rings. The maximum atomic E-state index is 11.9. The summed E-state index contributed by atoms with van der Waals surface area (Å²) in [6, 6.07) is 0. The Hall–Kier alpha value is -0.780. The van der Waals surface area contributed by atoms with Crippen LogP contribution in [-0.2, 0) is 4.79 Å². The third kappa shape index (κ3) is 2.58. The first kappa shape index (κ1) is 10.3. The third-order valence-corrected chi connectivity index (χ3v) is 1.93. The summed E-state index contributed by atoms with van der Waals surface area (Å²) in [6.07, 6.45) is -4.76. The van der Waals surface area contributed by atoms with Crippen LogP contribution in [0.4, 0.5) is 13.2 Å². The Bertz CT molecular complexity index is 204. The van der Waals surface area contributed by atoms with Gasteiger partial charge in [0.25, 0.3) is 0 Å². The lowest BCUT2D eigenvalue weighted by Crippen LogP contribution is -2.47. The van der Waals surface area contributed by atoms with Gasteiger partial charge in [-0.1, -0.05) is 0 Å². The highest BCUT2D eigenvalue weighted by Crippen LogP contribution is 2.21. The van der Waals surface area contributed by atoms with Crippen LogP contribution in [0, 0.1) is 0 Å². The average Bonchev–Trinajstić information content (AvgIpc) is 2.01. The Morgan fingerprint density at radius 2 is 2.08 bits per heavy atom. The molecular formula is C7H10F3NO2. The van der Waals surface area contributed by atoms with E-state index in [-0.39, 0.29) is 13.1 Å². The van der Waals surface area contributed by atoms with Gasteiger partial charge >= 0.3 is 12.1 Å². The Labute approximate surface area is 73.1 Å². The molecule has 6 heteroatoms. The van der Waals surface area contributed by atoms with E-state index in [1.807, 2.05) is 0 Å². The zero-order valence-corrected chi connectivity index (χ0v) is 6.84. The molecule has 1 amide bonds. The molecule has 13 heavy (non-hydrogen) atoms. The monoisotopic (exact) mass is 197 g/mol. The van der Waals surface area contributed by atoms with Gasteiger partial charge in [-0.25, -0.2) is 0 Å². The Morgan fingerprint density at radius 3 is 2.54 bits per heavy atom. The number of halogens is 3. The van der Waals surface area contributed by atoms with Gasteiger partial charge in [-0.15, -0.1) is 0 Å². The topological polar surface area (TPSA) is 40.5 Å². The van der Waals surface area contributed by atoms with E-state index in [0.717, 1.165) is 0 Å². The van der Waals surface area contributed by atoms with Crippen LogP contribution in [0.25, 0.3) is 0 Å². The Balaban J connectivity index is 2.56. The number of rotatable bonds is 0. The number of carbonyl (C=O) groups is 1. The average molecular weight is 197 g/mol. The fraction of sp³-hybridized carbons (Fsp3) is 0.857. The lowest BCUT2D eigenvalue weighted by Gasteiger charge is -2.30. The molecule has 0 aromatic carbocycles. The minimum atomic E-state index is -4.82. The van der Waals surface area contributed by atoms with Crippen molar-refractivity contribution in [1.82, 2.24) is 4.90 Å². The minimum Gasteiger partial charge on any atom is -0.391 e. The van der Waals surface area contributed by atoms with Crippen LogP contribution in [0.1, 0.15) is 12.8 Å². The molecule has 0 radical (unpaired) electrons. The first-order valence-corrected chi connectivity index (χ1v) is 3.95. The van der Waals surface area contributed by atoms with Crippen molar-refractivity contribution in [2.45, 2.75) is 25.1 Å². The quantitative estimate of drug-likeness (QED) is 0.615. The van der Waals surface area contributed by atoms with E-state index < -0.39 is 18.2 Å². The number of amides is 1. The molecule has 0 saturated carbocycles. The largest absolute Gasteiger partial charge is 0.471 e. The summed E-state index contributed by atoms with van der Waals surface area (Å²) in [6.45, 7) is -0.131. The molecular weight excluding hydrogens is 187 g/mol. The Morgan fingerprint density at radius 1 is 1.46 bits per heavy atom. The number of carbonyl (C=O) groups excluding carboxylic acids is 1. The van der Waals surface area contributed by atoms with Crippen LogP contribution in [-0.4, -0.2) is 41.3 Å². The summed E-state index contributed by atoms with van der Waals surface area (Å²) < 4.78 is 35.7. The smallest absolute Gasteiger partial charge is 0.391 e. The fourth-order valence-electron chi connectivity index (χ4n) is 1.32. The van der Waals surface area contributed by atoms with Gasteiger partial charge < -0.3 is 10.0 Å². The second kappa shape index (κ2) is 3.53. The number of alkyl halides is 3. The van der Waals surface area contributed by atoms with Crippen molar-refractivity contribution in [3.63, 3.8) is 0 Å². The summed E-state index contributed by atoms with van der Waals surface area (Å²) >= 11 is 0. The Kier molecular flexibility index (Phi) is 2.80. The van der Waals surface area contributed by atoms with E-state index in [2.05, 4.69) is 0 Å². The first-order chi connectivity index (χ1) is 5.91. The number of aliphatic hydroxyl groups excluding tert-OH is 1. The SMILES string of the molecule is O=C(N1CCC[C@@H](O)C1)C(F)(F)F. The molecule has 0 bridgehead atoms. The van der Waals surface area contributed by atoms with E-state index in [0.29, 0.717) is 17.7 Å². The molecule has 0 aromatic heterocycles. The molecule has 76 valence electrons. The highest BCUT2D eigenvalue weighted by molar-refractivity contribution is 5.81. The molecule has 1 aliphatic rings. The number of hydrogen-bond acceptors (Lipinski definition) is 2. The van der Waals surface area contributed by atoms with Crippen molar-refractivity contribution >= 4 is 5.91 Å². The zero-order chi connectivity index (χ0) is 10.1. The lowest BCUT2D eigenvalue weighted by atomic mass is 10.1. The summed E-state index contributed by atoms with van der Waals surface area (Å²) in [5, 5.41) is 9.03. The van der Waals surface area contributed by atoms with Gasteiger partial charge in [-0.3, -0.25) is 4.79 Å². The first-order valence-electron chi connectivity index (χ1n) is 3.95. The van der Waals surface area contributed by atoms with Gasteiger partial charge in [0.1, 0.15) is 0 Å². The highest BCUT2D eigenvalue weighted by atomic mass is 19.4. The van der Waals surface area contributed by atoms with Crippen molar-refractivity contribution < 1.29 is 23.1 Å². The number of piperidine rings is 1. The number of aliphatic hydroxyl groups is 1. The molecule has 0 aliphatic carbocycles. The number of nitrogens with zero attached hydrogens (tertiary/aromatic N) is 1. The van der Waals surface area contributed by atoms with Gasteiger partial charge in [0.15, 0.2) is 0 Å². The fourth-order valence-corrected chi connectivity index (χ4v) is 1.32. The molecule has 1 N–H and O–H groups in total. The molecule has 3 nitrogen and oxygen atoms in total. The van der Waals surface area contributed by atoms with Gasteiger partial charge in [-0.05, 0) is 12.8 Å². The van der Waals surface area contributed by atoms with Crippen LogP contribution in [0.2, 0.25) is 0 Å². The molecule has 1 fully saturated rings. The van der Waals surface area contributed by atoms with Crippen LogP contribution in [0.15, 0.2) is 0 Å². The summed E-state index contributed by atoms with van der Waals surface area (Å²) in [4.78, 5) is 11.3. The predicted molar refractivity (Wildman–Crippen MR) is 37.9 cm³/mol. The third-order valence-electron chi connectivity index (χ3n) is 1.93. The van der Waals surface area contributed by atoms with Gasteiger partial charge in [0.05, 0.1) is 6.10 Å².